The van der Waals surface area contributed by atoms with Gasteiger partial charge in [-0.15, -0.1) is 0 Å². The van der Waals surface area contributed by atoms with Crippen molar-refractivity contribution in [1.29, 1.82) is 0 Å². The van der Waals surface area contributed by atoms with Crippen LogP contribution in [0.5, 0.6) is 5.88 Å². The van der Waals surface area contributed by atoms with Crippen molar-refractivity contribution in [3.05, 3.63) is 71.2 Å². The van der Waals surface area contributed by atoms with Gasteiger partial charge in [-0.3, -0.25) is 4.90 Å². The number of benzene rings is 1. The first kappa shape index (κ1) is 21.8. The lowest BCUT2D eigenvalue weighted by Gasteiger charge is -2.28. The number of fused-ring (bicyclic) bond motifs is 1. The third-order valence-electron chi connectivity index (χ3n) is 6.28. The molecule has 1 saturated carbocycles. The van der Waals surface area contributed by atoms with E-state index in [0.717, 1.165) is 67.9 Å². The molecule has 0 bridgehead atoms. The summed E-state index contributed by atoms with van der Waals surface area (Å²) in [5, 5.41) is 0. The number of aromatic nitrogens is 3. The summed E-state index contributed by atoms with van der Waals surface area (Å²) in [5.41, 5.74) is 3.03. The number of rotatable bonds is 5. The number of hydrogen-bond acceptors (Lipinski definition) is 5. The molecule has 0 N–H and O–H groups in total. The first-order valence-electron chi connectivity index (χ1n) is 11.3. The highest BCUT2D eigenvalue weighted by Gasteiger charge is 2.30. The maximum atomic E-state index is 12.8. The summed E-state index contributed by atoms with van der Waals surface area (Å²) in [6.45, 7) is 2.34. The molecular formula is C25H25F3N4O. The van der Waals surface area contributed by atoms with Gasteiger partial charge in [-0.05, 0) is 43.4 Å². The van der Waals surface area contributed by atoms with Crippen LogP contribution in [-0.2, 0) is 25.7 Å². The van der Waals surface area contributed by atoms with Crippen LogP contribution in [0.4, 0.5) is 13.2 Å². The van der Waals surface area contributed by atoms with Gasteiger partial charge in [-0.1, -0.05) is 18.2 Å². The molecule has 3 aromatic rings. The van der Waals surface area contributed by atoms with Crippen molar-refractivity contribution < 1.29 is 17.9 Å². The van der Waals surface area contributed by atoms with Gasteiger partial charge in [-0.2, -0.15) is 13.2 Å². The van der Waals surface area contributed by atoms with E-state index < -0.39 is 11.7 Å². The van der Waals surface area contributed by atoms with E-state index in [1.807, 2.05) is 12.3 Å². The lowest BCUT2D eigenvalue weighted by atomic mass is 10.1. The Labute approximate surface area is 190 Å². The number of halogens is 3. The number of alkyl halides is 3. The Morgan fingerprint density at radius 1 is 0.970 bits per heavy atom. The summed E-state index contributed by atoms with van der Waals surface area (Å²) < 4.78 is 44.3. The molecule has 33 heavy (non-hydrogen) atoms. The smallest absolute Gasteiger partial charge is 0.416 e. The molecule has 1 aromatic carbocycles. The van der Waals surface area contributed by atoms with Crippen molar-refractivity contribution in [2.24, 2.45) is 0 Å². The molecule has 1 aliphatic heterocycles. The van der Waals surface area contributed by atoms with E-state index in [1.54, 1.807) is 6.20 Å². The molecule has 0 saturated heterocycles. The van der Waals surface area contributed by atoms with Gasteiger partial charge in [0.25, 0.3) is 0 Å². The molecule has 5 rings (SSSR count). The SMILES string of the molecule is FC(F)(F)c1ccc(-c2ncc3c(n2)CCN(Cc2ccc(OC4CCCC4)nc2)C3)cc1. The average Bonchev–Trinajstić information content (AvgIpc) is 3.33. The zero-order valence-electron chi connectivity index (χ0n) is 18.2. The van der Waals surface area contributed by atoms with Crippen LogP contribution in [0.3, 0.4) is 0 Å². The van der Waals surface area contributed by atoms with Gasteiger partial charge in [0, 0.05) is 55.6 Å². The monoisotopic (exact) mass is 454 g/mol. The highest BCUT2D eigenvalue weighted by Crippen LogP contribution is 2.31. The predicted octanol–water partition coefficient (Wildman–Crippen LogP) is 5.44. The van der Waals surface area contributed by atoms with E-state index in [1.165, 1.54) is 25.0 Å². The van der Waals surface area contributed by atoms with E-state index in [0.29, 0.717) is 23.4 Å². The minimum absolute atomic E-state index is 0.300. The number of pyridine rings is 1. The molecule has 5 nitrogen and oxygen atoms in total. The molecule has 2 aliphatic rings. The van der Waals surface area contributed by atoms with E-state index in [2.05, 4.69) is 25.9 Å². The fraction of sp³-hybridized carbons (Fsp3) is 0.400. The van der Waals surface area contributed by atoms with Crippen LogP contribution in [0.1, 0.15) is 48.1 Å². The summed E-state index contributed by atoms with van der Waals surface area (Å²) in [4.78, 5) is 15.8. The van der Waals surface area contributed by atoms with Gasteiger partial charge >= 0.3 is 6.18 Å². The second kappa shape index (κ2) is 9.09. The van der Waals surface area contributed by atoms with Crippen molar-refractivity contribution >= 4 is 0 Å². The van der Waals surface area contributed by atoms with Crippen LogP contribution < -0.4 is 4.74 Å². The molecule has 0 amide bonds. The maximum Gasteiger partial charge on any atom is 0.416 e. The molecule has 0 unspecified atom stereocenters. The fourth-order valence-corrected chi connectivity index (χ4v) is 4.47. The summed E-state index contributed by atoms with van der Waals surface area (Å²) in [6.07, 6.45) is 5.07. The van der Waals surface area contributed by atoms with E-state index in [-0.39, 0.29) is 0 Å². The first-order chi connectivity index (χ1) is 15.9. The molecule has 8 heteroatoms. The number of hydrogen-bond donors (Lipinski definition) is 0. The Balaban J connectivity index is 1.21. The minimum atomic E-state index is -4.35. The van der Waals surface area contributed by atoms with Gasteiger partial charge in [0.05, 0.1) is 11.3 Å². The Bertz CT molecular complexity index is 1090. The molecule has 2 aromatic heterocycles. The third-order valence-corrected chi connectivity index (χ3v) is 6.28. The molecule has 0 radical (unpaired) electrons. The van der Waals surface area contributed by atoms with Crippen LogP contribution in [0.15, 0.2) is 48.8 Å². The van der Waals surface area contributed by atoms with Gasteiger partial charge in [-0.25, -0.2) is 15.0 Å². The second-order valence-corrected chi connectivity index (χ2v) is 8.73. The summed E-state index contributed by atoms with van der Waals surface area (Å²) in [5.74, 6) is 1.15. The molecular weight excluding hydrogens is 429 g/mol. The molecule has 1 fully saturated rings. The lowest BCUT2D eigenvalue weighted by Crippen LogP contribution is -2.31. The van der Waals surface area contributed by atoms with Crippen molar-refractivity contribution in [2.45, 2.75) is 57.5 Å². The van der Waals surface area contributed by atoms with Crippen molar-refractivity contribution in [2.75, 3.05) is 6.54 Å². The summed E-state index contributed by atoms with van der Waals surface area (Å²) in [7, 11) is 0. The predicted molar refractivity (Wildman–Crippen MR) is 117 cm³/mol. The van der Waals surface area contributed by atoms with Crippen molar-refractivity contribution in [1.82, 2.24) is 19.9 Å². The maximum absolute atomic E-state index is 12.8. The van der Waals surface area contributed by atoms with E-state index in [9.17, 15) is 13.2 Å². The van der Waals surface area contributed by atoms with Crippen LogP contribution >= 0.6 is 0 Å². The quantitative estimate of drug-likeness (QED) is 0.514. The van der Waals surface area contributed by atoms with Gasteiger partial charge in [0.2, 0.25) is 5.88 Å². The van der Waals surface area contributed by atoms with Gasteiger partial charge < -0.3 is 4.74 Å². The zero-order valence-corrected chi connectivity index (χ0v) is 18.2. The van der Waals surface area contributed by atoms with Crippen LogP contribution in [0.2, 0.25) is 0 Å². The topological polar surface area (TPSA) is 51.1 Å². The standard InChI is InChI=1S/C25H25F3N4O/c26-25(27,28)20-8-6-18(7-9-20)24-30-14-19-16-32(12-11-22(19)31-24)15-17-5-10-23(29-13-17)33-21-3-1-2-4-21/h5-10,13-14,21H,1-4,11-12,15-16H2. The van der Waals surface area contributed by atoms with Crippen LogP contribution in [0, 0.1) is 0 Å². The van der Waals surface area contributed by atoms with Gasteiger partial charge in [0.1, 0.15) is 6.10 Å². The first-order valence-corrected chi connectivity index (χ1v) is 11.3. The van der Waals surface area contributed by atoms with E-state index in [4.69, 9.17) is 4.74 Å². The van der Waals surface area contributed by atoms with Crippen molar-refractivity contribution in [3.8, 4) is 17.3 Å². The number of ether oxygens (including phenoxy) is 1. The zero-order chi connectivity index (χ0) is 22.8. The molecule has 172 valence electrons. The minimum Gasteiger partial charge on any atom is -0.474 e. The number of nitrogens with zero attached hydrogens (tertiary/aromatic N) is 4. The highest BCUT2D eigenvalue weighted by atomic mass is 19.4. The normalized spacial score (nSPS) is 17.2. The molecule has 1 aliphatic carbocycles. The average molecular weight is 454 g/mol. The Kier molecular flexibility index (Phi) is 6.01. The Morgan fingerprint density at radius 2 is 1.76 bits per heavy atom. The molecule has 3 heterocycles. The van der Waals surface area contributed by atoms with Gasteiger partial charge in [0.15, 0.2) is 5.82 Å². The Morgan fingerprint density at radius 3 is 2.45 bits per heavy atom. The third kappa shape index (κ3) is 5.16. The largest absolute Gasteiger partial charge is 0.474 e. The highest BCUT2D eigenvalue weighted by molar-refractivity contribution is 5.56. The molecule has 0 spiro atoms. The van der Waals surface area contributed by atoms with Crippen molar-refractivity contribution in [3.63, 3.8) is 0 Å². The summed E-state index contributed by atoms with van der Waals surface area (Å²) >= 11 is 0. The van der Waals surface area contributed by atoms with E-state index >= 15 is 0 Å². The summed E-state index contributed by atoms with van der Waals surface area (Å²) in [6, 6.07) is 9.00. The Hall–Kier alpha value is -3.00. The second-order valence-electron chi connectivity index (χ2n) is 8.73. The lowest BCUT2D eigenvalue weighted by molar-refractivity contribution is -0.137. The van der Waals surface area contributed by atoms with Crippen LogP contribution in [-0.4, -0.2) is 32.5 Å². The molecule has 0 atom stereocenters. The fourth-order valence-electron chi connectivity index (χ4n) is 4.47. The van der Waals surface area contributed by atoms with Crippen LogP contribution in [0.25, 0.3) is 11.4 Å².